The highest BCUT2D eigenvalue weighted by molar-refractivity contribution is 5.90. The Morgan fingerprint density at radius 1 is 1.38 bits per heavy atom. The van der Waals surface area contributed by atoms with Crippen LogP contribution in [0.4, 0.5) is 10.3 Å². The van der Waals surface area contributed by atoms with Gasteiger partial charge in [-0.2, -0.15) is 5.21 Å². The van der Waals surface area contributed by atoms with Gasteiger partial charge in [-0.1, -0.05) is 17.2 Å². The smallest absolute Gasteiger partial charge is 0.269 e. The van der Waals surface area contributed by atoms with Gasteiger partial charge in [0.1, 0.15) is 5.82 Å². The summed E-state index contributed by atoms with van der Waals surface area (Å²) in [5, 5.41) is 15.1. The van der Waals surface area contributed by atoms with Gasteiger partial charge in [-0.15, -0.1) is 5.10 Å². The summed E-state index contributed by atoms with van der Waals surface area (Å²) >= 11 is 0. The van der Waals surface area contributed by atoms with Crippen LogP contribution in [0.25, 0.3) is 0 Å². The van der Waals surface area contributed by atoms with Crippen molar-refractivity contribution < 1.29 is 9.18 Å². The number of hydrogen-bond donors (Lipinski definition) is 2. The van der Waals surface area contributed by atoms with Gasteiger partial charge < -0.3 is 0 Å². The van der Waals surface area contributed by atoms with Crippen LogP contribution >= 0.6 is 0 Å². The van der Waals surface area contributed by atoms with Crippen molar-refractivity contribution in [2.75, 3.05) is 5.32 Å². The fraction of sp³-hybridized carbons (Fsp3) is 0.111. The van der Waals surface area contributed by atoms with E-state index in [2.05, 4.69) is 25.9 Å². The van der Waals surface area contributed by atoms with Crippen LogP contribution in [0, 0.1) is 5.82 Å². The van der Waals surface area contributed by atoms with Crippen molar-refractivity contribution in [2.24, 2.45) is 0 Å². The third kappa shape index (κ3) is 2.59. The SMILES string of the molecule is O=C(Cc1ccc(F)cc1)Nc1nn[nH]n1. The molecule has 0 aliphatic rings. The van der Waals surface area contributed by atoms with E-state index in [1.165, 1.54) is 12.1 Å². The van der Waals surface area contributed by atoms with E-state index >= 15 is 0 Å². The lowest BCUT2D eigenvalue weighted by molar-refractivity contribution is -0.115. The topological polar surface area (TPSA) is 83.6 Å². The van der Waals surface area contributed by atoms with Crippen LogP contribution in [-0.4, -0.2) is 26.5 Å². The molecule has 0 saturated carbocycles. The van der Waals surface area contributed by atoms with E-state index in [1.54, 1.807) is 12.1 Å². The average Bonchev–Trinajstić information content (AvgIpc) is 2.74. The first-order valence-corrected chi connectivity index (χ1v) is 4.52. The van der Waals surface area contributed by atoms with Crippen molar-refractivity contribution >= 4 is 11.9 Å². The van der Waals surface area contributed by atoms with Crippen molar-refractivity contribution in [1.82, 2.24) is 20.6 Å². The first-order chi connectivity index (χ1) is 7.74. The lowest BCUT2D eigenvalue weighted by atomic mass is 10.1. The molecule has 82 valence electrons. The molecule has 0 fully saturated rings. The number of aromatic nitrogens is 4. The maximum absolute atomic E-state index is 12.6. The third-order valence-corrected chi connectivity index (χ3v) is 1.87. The molecule has 0 unspecified atom stereocenters. The minimum atomic E-state index is -0.331. The number of nitrogens with one attached hydrogen (secondary N) is 2. The molecule has 1 aromatic carbocycles. The summed E-state index contributed by atoms with van der Waals surface area (Å²) in [7, 11) is 0. The molecule has 1 amide bonds. The molecular formula is C9H8FN5O. The molecule has 0 bridgehead atoms. The molecule has 6 nitrogen and oxygen atoms in total. The zero-order chi connectivity index (χ0) is 11.4. The van der Waals surface area contributed by atoms with Crippen LogP contribution in [0.2, 0.25) is 0 Å². The quantitative estimate of drug-likeness (QED) is 0.791. The fourth-order valence-corrected chi connectivity index (χ4v) is 1.17. The lowest BCUT2D eigenvalue weighted by Crippen LogP contribution is -2.15. The molecule has 0 aliphatic heterocycles. The van der Waals surface area contributed by atoms with E-state index < -0.39 is 0 Å². The van der Waals surface area contributed by atoms with Gasteiger partial charge in [0, 0.05) is 0 Å². The maximum Gasteiger partial charge on any atom is 0.269 e. The number of halogens is 1. The first kappa shape index (κ1) is 10.2. The maximum atomic E-state index is 12.6. The monoisotopic (exact) mass is 221 g/mol. The van der Waals surface area contributed by atoms with E-state index in [-0.39, 0.29) is 24.1 Å². The molecule has 2 rings (SSSR count). The molecule has 7 heteroatoms. The number of anilines is 1. The molecule has 0 saturated heterocycles. The first-order valence-electron chi connectivity index (χ1n) is 4.52. The predicted octanol–water partition coefficient (Wildman–Crippen LogP) is 0.520. The molecule has 2 N–H and O–H groups in total. The minimum Gasteiger partial charge on any atom is -0.292 e. The Bertz CT molecular complexity index is 467. The summed E-state index contributed by atoms with van der Waals surface area (Å²) in [6, 6.07) is 5.70. The molecule has 0 atom stereocenters. The highest BCUT2D eigenvalue weighted by atomic mass is 19.1. The Labute approximate surface area is 89.9 Å². The summed E-state index contributed by atoms with van der Waals surface area (Å²) in [5.74, 6) is -0.498. The third-order valence-electron chi connectivity index (χ3n) is 1.87. The number of rotatable bonds is 3. The number of carbonyl (C=O) groups excluding carboxylic acids is 1. The normalized spacial score (nSPS) is 10.1. The van der Waals surface area contributed by atoms with Crippen LogP contribution in [0.1, 0.15) is 5.56 Å². The van der Waals surface area contributed by atoms with Gasteiger partial charge in [-0.25, -0.2) is 4.39 Å². The molecule has 2 aromatic rings. The van der Waals surface area contributed by atoms with Gasteiger partial charge in [-0.3, -0.25) is 10.1 Å². The summed E-state index contributed by atoms with van der Waals surface area (Å²) in [6.07, 6.45) is 0.134. The van der Waals surface area contributed by atoms with E-state index in [0.29, 0.717) is 5.56 Å². The number of amides is 1. The molecule has 0 radical (unpaired) electrons. The van der Waals surface area contributed by atoms with E-state index in [0.717, 1.165) is 0 Å². The van der Waals surface area contributed by atoms with E-state index in [9.17, 15) is 9.18 Å². The second-order valence-corrected chi connectivity index (χ2v) is 3.09. The van der Waals surface area contributed by atoms with Crippen molar-refractivity contribution in [1.29, 1.82) is 0 Å². The number of tetrazole rings is 1. The Balaban J connectivity index is 1.95. The van der Waals surface area contributed by atoms with Crippen LogP contribution in [0.5, 0.6) is 0 Å². The van der Waals surface area contributed by atoms with Crippen LogP contribution in [0.15, 0.2) is 24.3 Å². The van der Waals surface area contributed by atoms with E-state index in [4.69, 9.17) is 0 Å². The predicted molar refractivity (Wildman–Crippen MR) is 52.9 cm³/mol. The standard InChI is InChI=1S/C9H8FN5O/c10-7-3-1-6(2-4-7)5-8(16)11-9-12-14-15-13-9/h1-4H,5H2,(H2,11,12,13,14,15,16). The summed E-state index contributed by atoms with van der Waals surface area (Å²) < 4.78 is 12.6. The fourth-order valence-electron chi connectivity index (χ4n) is 1.17. The second kappa shape index (κ2) is 4.47. The zero-order valence-corrected chi connectivity index (χ0v) is 8.14. The Kier molecular flexibility index (Phi) is 2.86. The summed E-state index contributed by atoms with van der Waals surface area (Å²) in [5.41, 5.74) is 0.711. The number of nitrogens with zero attached hydrogens (tertiary/aromatic N) is 3. The van der Waals surface area contributed by atoms with Crippen LogP contribution in [0.3, 0.4) is 0 Å². The lowest BCUT2D eigenvalue weighted by Gasteiger charge is -2.00. The Morgan fingerprint density at radius 2 is 2.12 bits per heavy atom. The number of carbonyl (C=O) groups is 1. The Morgan fingerprint density at radius 3 is 2.75 bits per heavy atom. The number of hydrogen-bond acceptors (Lipinski definition) is 4. The van der Waals surface area contributed by atoms with Crippen LogP contribution < -0.4 is 5.32 Å². The van der Waals surface area contributed by atoms with Gasteiger partial charge in [0.05, 0.1) is 6.42 Å². The molecule has 16 heavy (non-hydrogen) atoms. The highest BCUT2D eigenvalue weighted by Crippen LogP contribution is 2.04. The zero-order valence-electron chi connectivity index (χ0n) is 8.14. The van der Waals surface area contributed by atoms with Crippen molar-refractivity contribution in [3.8, 4) is 0 Å². The van der Waals surface area contributed by atoms with Gasteiger partial charge in [0.25, 0.3) is 5.95 Å². The van der Waals surface area contributed by atoms with Crippen LogP contribution in [-0.2, 0) is 11.2 Å². The second-order valence-electron chi connectivity index (χ2n) is 3.09. The van der Waals surface area contributed by atoms with Gasteiger partial charge in [-0.05, 0) is 22.9 Å². The summed E-state index contributed by atoms with van der Waals surface area (Å²) in [4.78, 5) is 11.4. The van der Waals surface area contributed by atoms with Crippen molar-refractivity contribution in [3.63, 3.8) is 0 Å². The molecule has 1 heterocycles. The highest BCUT2D eigenvalue weighted by Gasteiger charge is 2.06. The van der Waals surface area contributed by atoms with Gasteiger partial charge in [0.2, 0.25) is 5.91 Å². The average molecular weight is 221 g/mol. The molecular weight excluding hydrogens is 213 g/mol. The van der Waals surface area contributed by atoms with Crippen molar-refractivity contribution in [3.05, 3.63) is 35.6 Å². The molecule has 0 aliphatic carbocycles. The number of benzene rings is 1. The van der Waals surface area contributed by atoms with Gasteiger partial charge in [0.15, 0.2) is 0 Å². The van der Waals surface area contributed by atoms with Gasteiger partial charge >= 0.3 is 0 Å². The molecule has 1 aromatic heterocycles. The van der Waals surface area contributed by atoms with Crippen molar-refractivity contribution in [2.45, 2.75) is 6.42 Å². The number of aromatic amines is 1. The minimum absolute atomic E-state index is 0.118. The summed E-state index contributed by atoms with van der Waals surface area (Å²) in [6.45, 7) is 0. The molecule has 0 spiro atoms. The van der Waals surface area contributed by atoms with E-state index in [1.807, 2.05) is 0 Å². The largest absolute Gasteiger partial charge is 0.292 e. The Hall–Kier alpha value is -2.31. The number of H-pyrrole nitrogens is 1.